The highest BCUT2D eigenvalue weighted by Crippen LogP contribution is 2.27. The van der Waals surface area contributed by atoms with Gasteiger partial charge in [0, 0.05) is 32.6 Å². The summed E-state index contributed by atoms with van der Waals surface area (Å²) in [4.78, 5) is 21.1. The quantitative estimate of drug-likeness (QED) is 0.790. The minimum atomic E-state index is -0.0665. The van der Waals surface area contributed by atoms with Crippen LogP contribution in [-0.4, -0.2) is 58.7 Å². The highest BCUT2D eigenvalue weighted by molar-refractivity contribution is 5.73. The van der Waals surface area contributed by atoms with Gasteiger partial charge < -0.3 is 19.6 Å². The van der Waals surface area contributed by atoms with Crippen LogP contribution in [0.15, 0.2) is 4.52 Å². The van der Waals surface area contributed by atoms with Gasteiger partial charge in [-0.1, -0.05) is 31.8 Å². The Morgan fingerprint density at radius 1 is 1.30 bits per heavy atom. The first kappa shape index (κ1) is 20.1. The zero-order chi connectivity index (χ0) is 19.2. The summed E-state index contributed by atoms with van der Waals surface area (Å²) < 4.78 is 5.25. The van der Waals surface area contributed by atoms with E-state index < -0.39 is 0 Å². The van der Waals surface area contributed by atoms with Crippen LogP contribution in [0, 0.1) is 11.8 Å². The first-order chi connectivity index (χ1) is 13.0. The molecular weight excluding hydrogens is 342 g/mol. The van der Waals surface area contributed by atoms with Crippen LogP contribution >= 0.6 is 0 Å². The van der Waals surface area contributed by atoms with Gasteiger partial charge in [-0.3, -0.25) is 0 Å². The van der Waals surface area contributed by atoms with Crippen molar-refractivity contribution in [2.45, 2.75) is 71.4 Å². The summed E-state index contributed by atoms with van der Waals surface area (Å²) in [7, 11) is 1.78. The van der Waals surface area contributed by atoms with Gasteiger partial charge in [0.25, 0.3) is 0 Å². The number of carbonyl (C=O) groups is 1. The van der Waals surface area contributed by atoms with E-state index in [4.69, 9.17) is 4.52 Å². The molecule has 7 heteroatoms. The maximum absolute atomic E-state index is 12.4. The molecule has 1 N–H and O–H groups in total. The Morgan fingerprint density at radius 3 is 2.81 bits per heavy atom. The van der Waals surface area contributed by atoms with Gasteiger partial charge in [0.15, 0.2) is 5.82 Å². The molecule has 0 radical (unpaired) electrons. The van der Waals surface area contributed by atoms with Crippen molar-refractivity contribution in [3.05, 3.63) is 11.7 Å². The maximum Gasteiger partial charge on any atom is 0.317 e. The van der Waals surface area contributed by atoms with E-state index in [2.05, 4.69) is 34.2 Å². The number of likely N-dealkylation sites (tertiary alicyclic amines) is 1. The number of nitrogens with one attached hydrogen (secondary N) is 1. The van der Waals surface area contributed by atoms with Gasteiger partial charge in [-0.25, -0.2) is 4.79 Å². The first-order valence-corrected chi connectivity index (χ1v) is 10.6. The fraction of sp³-hybridized carbons (Fsp3) is 0.850. The highest BCUT2D eigenvalue weighted by atomic mass is 16.5. The van der Waals surface area contributed by atoms with Gasteiger partial charge in [0.05, 0.1) is 6.54 Å². The first-order valence-electron chi connectivity index (χ1n) is 10.6. The molecular formula is C20H35N5O2. The second-order valence-electron chi connectivity index (χ2n) is 8.69. The van der Waals surface area contributed by atoms with Gasteiger partial charge in [0.1, 0.15) is 0 Å². The topological polar surface area (TPSA) is 74.5 Å². The second-order valence-corrected chi connectivity index (χ2v) is 8.69. The van der Waals surface area contributed by atoms with E-state index in [-0.39, 0.29) is 6.03 Å². The lowest BCUT2D eigenvalue weighted by atomic mass is 9.96. The molecule has 1 aliphatic heterocycles. The number of amides is 2. The largest absolute Gasteiger partial charge is 0.339 e. The van der Waals surface area contributed by atoms with E-state index in [0.717, 1.165) is 25.6 Å². The molecule has 1 saturated carbocycles. The van der Waals surface area contributed by atoms with Crippen LogP contribution in [0.5, 0.6) is 0 Å². The molecule has 1 saturated heterocycles. The van der Waals surface area contributed by atoms with Crippen LogP contribution in [0.25, 0.3) is 0 Å². The fourth-order valence-corrected chi connectivity index (χ4v) is 4.30. The zero-order valence-electron chi connectivity index (χ0n) is 17.1. The summed E-state index contributed by atoms with van der Waals surface area (Å²) in [6, 6.07) is 0.715. The van der Waals surface area contributed by atoms with Crippen molar-refractivity contribution in [3.63, 3.8) is 0 Å². The Labute approximate surface area is 162 Å². The molecule has 2 heterocycles. The van der Waals surface area contributed by atoms with Gasteiger partial charge in [-0.15, -0.1) is 0 Å². The number of hydrogen-bond donors (Lipinski definition) is 1. The number of carbonyl (C=O) groups excluding carboxylic acids is 1. The van der Waals surface area contributed by atoms with Crippen molar-refractivity contribution in [2.75, 3.05) is 26.7 Å². The van der Waals surface area contributed by atoms with Crippen molar-refractivity contribution in [1.82, 2.24) is 25.3 Å². The van der Waals surface area contributed by atoms with Crippen LogP contribution in [0.3, 0.4) is 0 Å². The minimum Gasteiger partial charge on any atom is -0.339 e. The second kappa shape index (κ2) is 9.53. The third kappa shape index (κ3) is 5.92. The lowest BCUT2D eigenvalue weighted by Gasteiger charge is -2.37. The number of aromatic nitrogens is 2. The van der Waals surface area contributed by atoms with Gasteiger partial charge in [0.2, 0.25) is 5.89 Å². The van der Waals surface area contributed by atoms with Gasteiger partial charge >= 0.3 is 6.03 Å². The summed E-state index contributed by atoms with van der Waals surface area (Å²) >= 11 is 0. The SMILES string of the molecule is CC(C)Cc1nc(CN(C)C(=O)NCC2CCCN(C3CCCC3)C2)no1. The highest BCUT2D eigenvalue weighted by Gasteiger charge is 2.28. The van der Waals surface area contributed by atoms with E-state index in [9.17, 15) is 4.79 Å². The molecule has 1 aromatic rings. The Hall–Kier alpha value is -1.63. The molecule has 1 aromatic heterocycles. The molecule has 1 unspecified atom stereocenters. The van der Waals surface area contributed by atoms with E-state index in [1.807, 2.05) is 0 Å². The summed E-state index contributed by atoms with van der Waals surface area (Å²) in [5.41, 5.74) is 0. The van der Waals surface area contributed by atoms with Crippen LogP contribution in [0.2, 0.25) is 0 Å². The predicted octanol–water partition coefficient (Wildman–Crippen LogP) is 3.06. The Kier molecular flexibility index (Phi) is 7.10. The molecule has 3 rings (SSSR count). The molecule has 7 nitrogen and oxygen atoms in total. The van der Waals surface area contributed by atoms with Gasteiger partial charge in [-0.05, 0) is 44.1 Å². The molecule has 2 aliphatic rings. The lowest BCUT2D eigenvalue weighted by molar-refractivity contribution is 0.123. The number of nitrogens with zero attached hydrogens (tertiary/aromatic N) is 4. The Morgan fingerprint density at radius 2 is 2.07 bits per heavy atom. The van der Waals surface area contributed by atoms with Crippen molar-refractivity contribution in [2.24, 2.45) is 11.8 Å². The average molecular weight is 378 g/mol. The molecule has 152 valence electrons. The minimum absolute atomic E-state index is 0.0665. The van der Waals surface area contributed by atoms with Crippen molar-refractivity contribution < 1.29 is 9.32 Å². The van der Waals surface area contributed by atoms with E-state index in [1.165, 1.54) is 45.1 Å². The predicted molar refractivity (Wildman–Crippen MR) is 104 cm³/mol. The van der Waals surface area contributed by atoms with Gasteiger partial charge in [-0.2, -0.15) is 4.98 Å². The molecule has 0 spiro atoms. The lowest BCUT2D eigenvalue weighted by Crippen LogP contribution is -2.46. The summed E-state index contributed by atoms with van der Waals surface area (Å²) in [6.45, 7) is 7.69. The van der Waals surface area contributed by atoms with Crippen LogP contribution in [0.4, 0.5) is 4.79 Å². The Bertz CT molecular complexity index is 597. The summed E-state index contributed by atoms with van der Waals surface area (Å²) in [5, 5.41) is 7.08. The molecule has 27 heavy (non-hydrogen) atoms. The zero-order valence-corrected chi connectivity index (χ0v) is 17.1. The molecule has 1 aliphatic carbocycles. The number of piperidine rings is 1. The van der Waals surface area contributed by atoms with Crippen LogP contribution < -0.4 is 5.32 Å². The molecule has 2 fully saturated rings. The normalized spacial score (nSPS) is 21.7. The standard InChI is InChI=1S/C20H35N5O2/c1-15(2)11-19-22-18(23-27-19)14-24(3)20(26)21-12-16-7-6-10-25(13-16)17-8-4-5-9-17/h15-17H,4-14H2,1-3H3,(H,21,26). The summed E-state index contributed by atoms with van der Waals surface area (Å²) in [6.07, 6.45) is 8.67. The molecule has 0 aromatic carbocycles. The van der Waals surface area contributed by atoms with Crippen molar-refractivity contribution >= 4 is 6.03 Å². The van der Waals surface area contributed by atoms with Crippen LogP contribution in [-0.2, 0) is 13.0 Å². The van der Waals surface area contributed by atoms with E-state index in [1.54, 1.807) is 11.9 Å². The third-order valence-electron chi connectivity index (χ3n) is 5.75. The molecule has 0 bridgehead atoms. The smallest absolute Gasteiger partial charge is 0.317 e. The monoisotopic (exact) mass is 377 g/mol. The third-order valence-corrected chi connectivity index (χ3v) is 5.75. The number of hydrogen-bond acceptors (Lipinski definition) is 5. The maximum atomic E-state index is 12.4. The molecule has 1 atom stereocenters. The average Bonchev–Trinajstić information content (AvgIpc) is 3.31. The van der Waals surface area contributed by atoms with Crippen molar-refractivity contribution in [1.29, 1.82) is 0 Å². The number of urea groups is 1. The fourth-order valence-electron chi connectivity index (χ4n) is 4.30. The Balaban J connectivity index is 1.40. The van der Waals surface area contributed by atoms with E-state index >= 15 is 0 Å². The molecule has 2 amide bonds. The van der Waals surface area contributed by atoms with E-state index in [0.29, 0.717) is 30.1 Å². The van der Waals surface area contributed by atoms with Crippen molar-refractivity contribution in [3.8, 4) is 0 Å². The summed E-state index contributed by atoms with van der Waals surface area (Å²) in [5.74, 6) is 2.23. The number of rotatable bonds is 7. The van der Waals surface area contributed by atoms with Crippen LogP contribution in [0.1, 0.15) is 64.1 Å².